The van der Waals surface area contributed by atoms with Crippen molar-refractivity contribution in [1.82, 2.24) is 0 Å². The standard InChI is InChI=1S/C19H22BF3O4S/c1-12(25)28-11-16(20-26-17(2,3)18(4,5)27-20)9-13-6-7-15(19(21,22)23)8-14(13)10-24/h6-10H,11H2,1-5H3. The van der Waals surface area contributed by atoms with Crippen molar-refractivity contribution in [1.29, 1.82) is 0 Å². The summed E-state index contributed by atoms with van der Waals surface area (Å²) in [7, 11) is -0.779. The van der Waals surface area contributed by atoms with E-state index in [1.54, 1.807) is 6.08 Å². The van der Waals surface area contributed by atoms with Crippen LogP contribution in [-0.4, -0.2) is 35.5 Å². The van der Waals surface area contributed by atoms with E-state index in [9.17, 15) is 22.8 Å². The average molecular weight is 414 g/mol. The fourth-order valence-corrected chi connectivity index (χ4v) is 3.13. The Labute approximate surface area is 167 Å². The number of thioether (sulfide) groups is 1. The van der Waals surface area contributed by atoms with E-state index in [0.717, 1.165) is 23.9 Å². The molecule has 4 nitrogen and oxygen atoms in total. The van der Waals surface area contributed by atoms with Crippen LogP contribution in [0.5, 0.6) is 0 Å². The molecule has 1 aromatic rings. The molecule has 0 N–H and O–H groups in total. The first-order valence-electron chi connectivity index (χ1n) is 8.63. The third kappa shape index (κ3) is 5.07. The Hall–Kier alpha value is -1.58. The van der Waals surface area contributed by atoms with Gasteiger partial charge in [0.15, 0.2) is 11.4 Å². The molecule has 0 saturated carbocycles. The summed E-state index contributed by atoms with van der Waals surface area (Å²) in [4.78, 5) is 22.8. The zero-order valence-electron chi connectivity index (χ0n) is 16.3. The largest absolute Gasteiger partial charge is 0.491 e. The van der Waals surface area contributed by atoms with Crippen molar-refractivity contribution in [2.75, 3.05) is 5.75 Å². The van der Waals surface area contributed by atoms with Crippen LogP contribution < -0.4 is 0 Å². The Morgan fingerprint density at radius 2 is 1.71 bits per heavy atom. The maximum absolute atomic E-state index is 12.9. The average Bonchev–Trinajstić information content (AvgIpc) is 2.78. The van der Waals surface area contributed by atoms with Crippen LogP contribution in [0.15, 0.2) is 23.7 Å². The molecule has 0 bridgehead atoms. The molecule has 0 spiro atoms. The van der Waals surface area contributed by atoms with Gasteiger partial charge in [0.05, 0.1) is 16.8 Å². The fraction of sp³-hybridized carbons (Fsp3) is 0.474. The molecule has 1 aliphatic rings. The van der Waals surface area contributed by atoms with Gasteiger partial charge < -0.3 is 9.31 Å². The summed E-state index contributed by atoms with van der Waals surface area (Å²) in [6.07, 6.45) is -2.61. The molecule has 2 rings (SSSR count). The van der Waals surface area contributed by atoms with Gasteiger partial charge >= 0.3 is 13.3 Å². The summed E-state index contributed by atoms with van der Waals surface area (Å²) in [6.45, 7) is 8.91. The van der Waals surface area contributed by atoms with Crippen LogP contribution >= 0.6 is 11.8 Å². The van der Waals surface area contributed by atoms with Gasteiger partial charge in [-0.15, -0.1) is 0 Å². The van der Waals surface area contributed by atoms with Gasteiger partial charge in [-0.25, -0.2) is 0 Å². The smallest absolute Gasteiger partial charge is 0.400 e. The summed E-state index contributed by atoms with van der Waals surface area (Å²) in [5.74, 6) is 0.228. The van der Waals surface area contributed by atoms with Crippen molar-refractivity contribution in [3.63, 3.8) is 0 Å². The van der Waals surface area contributed by atoms with Gasteiger partial charge in [-0.3, -0.25) is 9.59 Å². The predicted octanol–water partition coefficient (Wildman–Crippen LogP) is 4.81. The highest BCUT2D eigenvalue weighted by atomic mass is 32.2. The Balaban J connectivity index is 2.45. The number of rotatable bonds is 5. The fourth-order valence-electron chi connectivity index (χ4n) is 2.54. The lowest BCUT2D eigenvalue weighted by molar-refractivity contribution is -0.137. The second-order valence-electron chi connectivity index (χ2n) is 7.55. The maximum atomic E-state index is 12.9. The van der Waals surface area contributed by atoms with Crippen LogP contribution in [-0.2, 0) is 20.3 Å². The van der Waals surface area contributed by atoms with Crippen molar-refractivity contribution in [3.8, 4) is 0 Å². The van der Waals surface area contributed by atoms with Crippen LogP contribution in [0.3, 0.4) is 0 Å². The summed E-state index contributed by atoms with van der Waals surface area (Å²) < 4.78 is 50.7. The molecule has 1 saturated heterocycles. The minimum Gasteiger partial charge on any atom is -0.400 e. The second kappa shape index (κ2) is 8.04. The van der Waals surface area contributed by atoms with Gasteiger partial charge in [0.1, 0.15) is 0 Å². The van der Waals surface area contributed by atoms with E-state index in [2.05, 4.69) is 0 Å². The van der Waals surface area contributed by atoms with E-state index < -0.39 is 30.1 Å². The molecule has 0 aromatic heterocycles. The van der Waals surface area contributed by atoms with E-state index in [4.69, 9.17) is 9.31 Å². The quantitative estimate of drug-likeness (QED) is 0.511. The highest BCUT2D eigenvalue weighted by Crippen LogP contribution is 2.39. The molecule has 28 heavy (non-hydrogen) atoms. The minimum absolute atomic E-state index is 0.100. The van der Waals surface area contributed by atoms with E-state index >= 15 is 0 Å². The Morgan fingerprint density at radius 1 is 1.14 bits per heavy atom. The van der Waals surface area contributed by atoms with Gasteiger partial charge in [-0.1, -0.05) is 23.9 Å². The van der Waals surface area contributed by atoms with E-state index in [0.29, 0.717) is 17.3 Å². The summed E-state index contributed by atoms with van der Waals surface area (Å²) in [5.41, 5.74) is -1.38. The Bertz CT molecular complexity index is 787. The highest BCUT2D eigenvalue weighted by Gasteiger charge is 2.52. The molecule has 152 valence electrons. The molecule has 0 amide bonds. The number of carbonyl (C=O) groups excluding carboxylic acids is 2. The lowest BCUT2D eigenvalue weighted by atomic mass is 9.78. The first-order chi connectivity index (χ1) is 12.8. The highest BCUT2D eigenvalue weighted by molar-refractivity contribution is 8.13. The number of hydrogen-bond donors (Lipinski definition) is 0. The number of carbonyl (C=O) groups is 2. The lowest BCUT2D eigenvalue weighted by Gasteiger charge is -2.32. The molecule has 1 aliphatic heterocycles. The molecule has 0 unspecified atom stereocenters. The van der Waals surface area contributed by atoms with Gasteiger partial charge in [0.25, 0.3) is 0 Å². The molecular weight excluding hydrogens is 392 g/mol. The third-order valence-electron chi connectivity index (χ3n) is 4.88. The zero-order valence-corrected chi connectivity index (χ0v) is 17.2. The summed E-state index contributed by atoms with van der Waals surface area (Å²) in [6, 6.07) is 2.95. The Kier molecular flexibility index (Phi) is 6.52. The topological polar surface area (TPSA) is 52.6 Å². The van der Waals surface area contributed by atoms with Gasteiger partial charge in [0, 0.05) is 18.2 Å². The molecule has 9 heteroatoms. The first-order valence-corrected chi connectivity index (χ1v) is 9.61. The van der Waals surface area contributed by atoms with Crippen molar-refractivity contribution < 1.29 is 32.1 Å². The summed E-state index contributed by atoms with van der Waals surface area (Å²) >= 11 is 1.03. The zero-order chi connectivity index (χ0) is 21.3. The predicted molar refractivity (Wildman–Crippen MR) is 104 cm³/mol. The number of hydrogen-bond acceptors (Lipinski definition) is 5. The summed E-state index contributed by atoms with van der Waals surface area (Å²) in [5, 5.41) is -0.120. The SMILES string of the molecule is CC(=O)SCC(=Cc1ccc(C(F)(F)F)cc1C=O)B1OC(C)(C)C(C)(C)O1. The first kappa shape index (κ1) is 22.7. The second-order valence-corrected chi connectivity index (χ2v) is 8.70. The molecule has 0 atom stereocenters. The van der Waals surface area contributed by atoms with Crippen LogP contribution in [0.2, 0.25) is 0 Å². The van der Waals surface area contributed by atoms with Crippen LogP contribution in [0.1, 0.15) is 56.1 Å². The number of halogens is 3. The van der Waals surface area contributed by atoms with E-state index in [1.807, 2.05) is 27.7 Å². The molecule has 1 fully saturated rings. The van der Waals surface area contributed by atoms with Crippen molar-refractivity contribution >= 4 is 36.4 Å². The maximum Gasteiger partial charge on any atom is 0.491 e. The van der Waals surface area contributed by atoms with Gasteiger partial charge in [-0.2, -0.15) is 13.2 Å². The molecule has 1 heterocycles. The Morgan fingerprint density at radius 3 is 2.18 bits per heavy atom. The lowest BCUT2D eigenvalue weighted by Crippen LogP contribution is -2.41. The van der Waals surface area contributed by atoms with Crippen molar-refractivity contribution in [3.05, 3.63) is 40.4 Å². The van der Waals surface area contributed by atoms with Crippen molar-refractivity contribution in [2.45, 2.75) is 52.0 Å². The monoisotopic (exact) mass is 414 g/mol. The normalized spacial score (nSPS) is 19.0. The molecule has 0 radical (unpaired) electrons. The third-order valence-corrected chi connectivity index (χ3v) is 5.76. The van der Waals surface area contributed by atoms with Gasteiger partial charge in [-0.05, 0) is 50.9 Å². The van der Waals surface area contributed by atoms with Crippen LogP contribution in [0, 0.1) is 0 Å². The van der Waals surface area contributed by atoms with Crippen LogP contribution in [0.25, 0.3) is 6.08 Å². The molecule has 1 aromatic carbocycles. The van der Waals surface area contributed by atoms with Crippen molar-refractivity contribution in [2.24, 2.45) is 0 Å². The van der Waals surface area contributed by atoms with Crippen LogP contribution in [0.4, 0.5) is 13.2 Å². The van der Waals surface area contributed by atoms with E-state index in [1.165, 1.54) is 13.0 Å². The molecule has 0 aliphatic carbocycles. The number of aldehydes is 1. The number of benzene rings is 1. The minimum atomic E-state index is -4.54. The molecular formula is C19H22BF3O4S. The van der Waals surface area contributed by atoms with E-state index in [-0.39, 0.29) is 16.4 Å². The number of alkyl halides is 3. The van der Waals surface area contributed by atoms with Gasteiger partial charge in [0.2, 0.25) is 0 Å².